The quantitative estimate of drug-likeness (QED) is 0.133. The van der Waals surface area contributed by atoms with Crippen LogP contribution in [0.5, 0.6) is 0 Å². The van der Waals surface area contributed by atoms with E-state index >= 15 is 0 Å². The van der Waals surface area contributed by atoms with E-state index in [9.17, 15) is 17.4 Å². The van der Waals surface area contributed by atoms with Gasteiger partial charge in [0.15, 0.2) is 0 Å². The smallest absolute Gasteiger partial charge is 0.242 e. The normalized spacial score (nSPS) is 13.3. The van der Waals surface area contributed by atoms with Crippen LogP contribution in [0.4, 0.5) is 13.2 Å². The summed E-state index contributed by atoms with van der Waals surface area (Å²) >= 11 is 0. The summed E-state index contributed by atoms with van der Waals surface area (Å²) in [6.07, 6.45) is -4.61. The first-order chi connectivity index (χ1) is 27.8. The molecule has 0 bridgehead atoms. The van der Waals surface area contributed by atoms with Gasteiger partial charge in [-0.3, -0.25) is 0 Å². The van der Waals surface area contributed by atoms with Gasteiger partial charge < -0.3 is 0 Å². The molecule has 8 rings (SSSR count). The topological polar surface area (TPSA) is 20.3 Å². The van der Waals surface area contributed by atoms with E-state index in [-0.39, 0.29) is 0 Å². The van der Waals surface area contributed by atoms with E-state index in [1.807, 2.05) is 106 Å². The summed E-state index contributed by atoms with van der Waals surface area (Å²) in [5.41, 5.74) is 4.23. The van der Waals surface area contributed by atoms with Crippen molar-refractivity contribution < 1.29 is 17.4 Å². The Morgan fingerprint density at radius 3 is 1.45 bits per heavy atom. The lowest BCUT2D eigenvalue weighted by Gasteiger charge is -2.36. The Morgan fingerprint density at radius 1 is 0.517 bits per heavy atom. The zero-order valence-electron chi connectivity index (χ0n) is 32.7. The van der Waals surface area contributed by atoms with Crippen molar-refractivity contribution in [1.82, 2.24) is 4.31 Å². The molecule has 8 aromatic rings. The van der Waals surface area contributed by atoms with E-state index in [1.54, 1.807) is 17.4 Å². The number of hydrogen-bond donors (Lipinski definition) is 0. The van der Waals surface area contributed by atoms with Crippen LogP contribution >= 0.6 is 7.92 Å². The minimum absolute atomic E-state index is 0.467. The van der Waals surface area contributed by atoms with E-state index in [0.717, 1.165) is 65.3 Å². The first kappa shape index (κ1) is 39.4. The Labute approximate surface area is 342 Å². The Hall–Kier alpha value is -5.39. The molecule has 7 heteroatoms. The molecule has 0 aliphatic heterocycles. The Balaban J connectivity index is 1.45. The van der Waals surface area contributed by atoms with Crippen molar-refractivity contribution in [2.24, 2.45) is 0 Å². The summed E-state index contributed by atoms with van der Waals surface area (Å²) in [5, 5.41) is 7.16. The van der Waals surface area contributed by atoms with E-state index < -0.39 is 41.4 Å². The fourth-order valence-electron chi connectivity index (χ4n) is 7.73. The van der Waals surface area contributed by atoms with Gasteiger partial charge in [-0.2, -0.15) is 13.2 Å². The lowest BCUT2D eigenvalue weighted by Crippen LogP contribution is -2.39. The molecule has 0 saturated carbocycles. The van der Waals surface area contributed by atoms with Crippen molar-refractivity contribution in [2.45, 2.75) is 37.7 Å². The second-order valence-corrected chi connectivity index (χ2v) is 20.0. The number of fused-ring (bicyclic) bond motifs is 2. The molecule has 2 atom stereocenters. The molecule has 0 aromatic heterocycles. The predicted octanol–water partition coefficient (Wildman–Crippen LogP) is 12.6. The van der Waals surface area contributed by atoms with Crippen LogP contribution < -0.4 is 15.9 Å². The molecular weight excluding hydrogens is 763 g/mol. The first-order valence-electron chi connectivity index (χ1n) is 19.2. The summed E-state index contributed by atoms with van der Waals surface area (Å²) in [7, 11) is -1.20. The molecule has 2 nitrogen and oxygen atoms in total. The maximum absolute atomic E-state index is 14.9. The number of nitrogens with zero attached hydrogens (tertiary/aromatic N) is 1. The largest absolute Gasteiger partial charge is 0.416 e. The SMILES string of the molecule is CN(C(c1cc(-c2ccc3ccccc3c2)cc(-c2ccc3ccccc3c2)c1)c1cc(C(F)(F)F)ccc1P(c1ccccc1)c1ccccc1)[S@](=O)C(C)(C)C. The van der Waals surface area contributed by atoms with Crippen molar-refractivity contribution >= 4 is 56.4 Å². The van der Waals surface area contributed by atoms with Gasteiger partial charge in [0.25, 0.3) is 0 Å². The number of benzene rings is 8. The number of alkyl halides is 3. The summed E-state index contributed by atoms with van der Waals surface area (Å²) < 4.78 is 60.5. The maximum atomic E-state index is 14.9. The molecule has 0 N–H and O–H groups in total. The standard InChI is InChI=1S/C51H43F3NOPS/c1-50(2,3)58(56)55(4)49(47-34-44(51(52,53)54)27-28-48(47)57(45-19-7-5-8-20-45)46-21-9-6-10-22-46)43-32-41(39-25-23-35-15-11-13-17-37(35)29-39)31-42(33-43)40-26-24-36-16-12-14-18-38(36)30-40/h5-34,49H,1-4H3/t49?,58-/m1/s1. The van der Waals surface area contributed by atoms with E-state index in [0.29, 0.717) is 5.56 Å². The van der Waals surface area contributed by atoms with Gasteiger partial charge in [0, 0.05) is 7.05 Å². The third-order valence-corrected chi connectivity index (χ3v) is 14.8. The highest BCUT2D eigenvalue weighted by atomic mass is 32.2. The molecule has 1 unspecified atom stereocenters. The van der Waals surface area contributed by atoms with Crippen LogP contribution in [0.3, 0.4) is 0 Å². The highest BCUT2D eigenvalue weighted by molar-refractivity contribution is 7.84. The highest BCUT2D eigenvalue weighted by Gasteiger charge is 2.37. The number of halogens is 3. The molecule has 8 aromatic carbocycles. The zero-order valence-corrected chi connectivity index (χ0v) is 34.5. The van der Waals surface area contributed by atoms with Crippen LogP contribution in [0, 0.1) is 0 Å². The van der Waals surface area contributed by atoms with Crippen LogP contribution in [0.15, 0.2) is 182 Å². The maximum Gasteiger partial charge on any atom is 0.416 e. The third kappa shape index (κ3) is 8.15. The van der Waals surface area contributed by atoms with Gasteiger partial charge in [-0.05, 0) is 142 Å². The van der Waals surface area contributed by atoms with Crippen molar-refractivity contribution in [3.63, 3.8) is 0 Å². The minimum atomic E-state index is -4.61. The Bertz CT molecular complexity index is 2630. The molecule has 290 valence electrons. The fraction of sp³-hybridized carbons (Fsp3) is 0.137. The minimum Gasteiger partial charge on any atom is -0.242 e. The third-order valence-electron chi connectivity index (χ3n) is 10.5. The lowest BCUT2D eigenvalue weighted by atomic mass is 9.89. The Kier molecular flexibility index (Phi) is 10.9. The number of rotatable bonds is 9. The summed E-state index contributed by atoms with van der Waals surface area (Å²) in [6.45, 7) is 5.70. The highest BCUT2D eigenvalue weighted by Crippen LogP contribution is 2.44. The molecule has 0 spiro atoms. The molecule has 58 heavy (non-hydrogen) atoms. The van der Waals surface area contributed by atoms with Gasteiger partial charge in [0.2, 0.25) is 0 Å². The van der Waals surface area contributed by atoms with Gasteiger partial charge in [-0.1, -0.05) is 140 Å². The molecule has 0 saturated heterocycles. The molecule has 0 aliphatic carbocycles. The van der Waals surface area contributed by atoms with Crippen LogP contribution in [-0.2, 0) is 17.2 Å². The molecule has 0 amide bonds. The number of hydrogen-bond acceptors (Lipinski definition) is 1. The zero-order chi connectivity index (χ0) is 40.6. The van der Waals surface area contributed by atoms with Crippen molar-refractivity contribution in [3.8, 4) is 22.3 Å². The average Bonchev–Trinajstić information content (AvgIpc) is 3.23. The Morgan fingerprint density at radius 2 is 0.983 bits per heavy atom. The van der Waals surface area contributed by atoms with Crippen molar-refractivity contribution in [1.29, 1.82) is 0 Å². The monoisotopic (exact) mass is 805 g/mol. The van der Waals surface area contributed by atoms with E-state index in [2.05, 4.69) is 78.9 Å². The first-order valence-corrected chi connectivity index (χ1v) is 21.7. The fourth-order valence-corrected chi connectivity index (χ4v) is 11.5. The van der Waals surface area contributed by atoms with Gasteiger partial charge in [-0.25, -0.2) is 8.51 Å². The van der Waals surface area contributed by atoms with Gasteiger partial charge in [0.1, 0.15) is 11.0 Å². The second kappa shape index (κ2) is 16.1. The second-order valence-electron chi connectivity index (χ2n) is 15.6. The van der Waals surface area contributed by atoms with Gasteiger partial charge in [0.05, 0.1) is 16.4 Å². The van der Waals surface area contributed by atoms with Crippen molar-refractivity contribution in [3.05, 3.63) is 199 Å². The van der Waals surface area contributed by atoms with Crippen LogP contribution in [-0.4, -0.2) is 20.3 Å². The molecular formula is C51H43F3NOPS. The van der Waals surface area contributed by atoms with Gasteiger partial charge in [-0.15, -0.1) is 0 Å². The summed E-state index contributed by atoms with van der Waals surface area (Å²) in [6, 6.07) is 58.7. The van der Waals surface area contributed by atoms with Gasteiger partial charge >= 0.3 is 6.18 Å². The van der Waals surface area contributed by atoms with Crippen LogP contribution in [0.25, 0.3) is 43.8 Å². The van der Waals surface area contributed by atoms with E-state index in [1.165, 1.54) is 12.1 Å². The molecule has 0 radical (unpaired) electrons. The molecule has 0 heterocycles. The average molecular weight is 806 g/mol. The summed E-state index contributed by atoms with van der Waals surface area (Å²) in [5.74, 6) is 0. The molecule has 0 aliphatic rings. The van der Waals surface area contributed by atoms with E-state index in [4.69, 9.17) is 0 Å². The van der Waals surface area contributed by atoms with Crippen LogP contribution in [0.1, 0.15) is 43.5 Å². The molecule has 0 fully saturated rings. The van der Waals surface area contributed by atoms with Crippen LogP contribution in [0.2, 0.25) is 0 Å². The summed E-state index contributed by atoms with van der Waals surface area (Å²) in [4.78, 5) is 0. The predicted molar refractivity (Wildman–Crippen MR) is 240 cm³/mol. The van der Waals surface area contributed by atoms with Crippen molar-refractivity contribution in [2.75, 3.05) is 7.05 Å². The lowest BCUT2D eigenvalue weighted by molar-refractivity contribution is -0.137.